The molecule has 1 atom stereocenters. The number of nitrogens with zero attached hydrogens (tertiary/aromatic N) is 2. The van der Waals surface area contributed by atoms with Gasteiger partial charge < -0.3 is 24.6 Å². The molecule has 1 aliphatic rings. The maximum Gasteiger partial charge on any atom is 0.416 e. The number of carbonyl (C=O) groups excluding carboxylic acids is 1. The van der Waals surface area contributed by atoms with Gasteiger partial charge in [0.25, 0.3) is 0 Å². The van der Waals surface area contributed by atoms with Crippen molar-refractivity contribution in [2.45, 2.75) is 38.5 Å². The van der Waals surface area contributed by atoms with E-state index in [1.807, 2.05) is 0 Å². The molecule has 0 spiro atoms. The SMILES string of the molecule is COc1cc(CN2C(=O)CN(c3ccc(C(F)(F)F)cc3)C2O)cc(Cl)c1OC(C)(C)C(=O)O. The van der Waals surface area contributed by atoms with Gasteiger partial charge in [0.1, 0.15) is 6.54 Å². The lowest BCUT2D eigenvalue weighted by molar-refractivity contribution is -0.152. The summed E-state index contributed by atoms with van der Waals surface area (Å²) < 4.78 is 49.2. The third-order valence-corrected chi connectivity index (χ3v) is 5.50. The number of ether oxygens (including phenoxy) is 2. The second-order valence-electron chi connectivity index (χ2n) is 8.07. The minimum absolute atomic E-state index is 0.00000506. The van der Waals surface area contributed by atoms with Crippen LogP contribution in [0.3, 0.4) is 0 Å². The van der Waals surface area contributed by atoms with Gasteiger partial charge in [-0.25, -0.2) is 4.79 Å². The number of amides is 1. The molecule has 3 rings (SSSR count). The van der Waals surface area contributed by atoms with E-state index < -0.39 is 35.6 Å². The number of carbonyl (C=O) groups is 2. The number of methoxy groups -OCH3 is 1. The summed E-state index contributed by atoms with van der Waals surface area (Å²) in [5.41, 5.74) is -1.75. The minimum atomic E-state index is -4.50. The Morgan fingerprint density at radius 3 is 2.35 bits per heavy atom. The highest BCUT2D eigenvalue weighted by Gasteiger charge is 2.38. The highest BCUT2D eigenvalue weighted by atomic mass is 35.5. The molecular formula is C22H22ClF3N2O6. The van der Waals surface area contributed by atoms with E-state index in [1.165, 1.54) is 50.1 Å². The quantitative estimate of drug-likeness (QED) is 0.595. The number of rotatable bonds is 7. The Morgan fingerprint density at radius 2 is 1.82 bits per heavy atom. The molecule has 1 unspecified atom stereocenters. The van der Waals surface area contributed by atoms with E-state index in [0.29, 0.717) is 5.56 Å². The van der Waals surface area contributed by atoms with Gasteiger partial charge in [0.05, 0.1) is 24.2 Å². The molecule has 1 fully saturated rings. The summed E-state index contributed by atoms with van der Waals surface area (Å²) in [6.07, 6.45) is -5.94. The van der Waals surface area contributed by atoms with Gasteiger partial charge in [0, 0.05) is 5.69 Å². The number of aliphatic hydroxyl groups is 1. The van der Waals surface area contributed by atoms with E-state index in [9.17, 15) is 33.0 Å². The van der Waals surface area contributed by atoms with Crippen LogP contribution in [0.1, 0.15) is 25.0 Å². The van der Waals surface area contributed by atoms with Crippen LogP contribution < -0.4 is 14.4 Å². The van der Waals surface area contributed by atoms with E-state index in [4.69, 9.17) is 21.1 Å². The molecule has 1 saturated heterocycles. The van der Waals surface area contributed by atoms with Crippen molar-refractivity contribution in [3.8, 4) is 11.5 Å². The van der Waals surface area contributed by atoms with Crippen molar-refractivity contribution in [1.82, 2.24) is 4.90 Å². The topological polar surface area (TPSA) is 99.5 Å². The predicted octanol–water partition coefficient (Wildman–Crippen LogP) is 3.73. The van der Waals surface area contributed by atoms with Crippen molar-refractivity contribution in [2.24, 2.45) is 0 Å². The summed E-state index contributed by atoms with van der Waals surface area (Å²) >= 11 is 6.29. The average molecular weight is 503 g/mol. The predicted molar refractivity (Wildman–Crippen MR) is 116 cm³/mol. The van der Waals surface area contributed by atoms with Crippen LogP contribution in [-0.4, -0.2) is 52.6 Å². The van der Waals surface area contributed by atoms with E-state index in [0.717, 1.165) is 17.0 Å². The van der Waals surface area contributed by atoms with Crippen molar-refractivity contribution in [3.05, 3.63) is 52.5 Å². The molecule has 0 aromatic heterocycles. The fourth-order valence-corrected chi connectivity index (χ4v) is 3.58. The first kappa shape index (κ1) is 25.4. The zero-order valence-electron chi connectivity index (χ0n) is 18.4. The van der Waals surface area contributed by atoms with Gasteiger partial charge in [-0.15, -0.1) is 0 Å². The van der Waals surface area contributed by atoms with Crippen molar-refractivity contribution >= 4 is 29.2 Å². The highest BCUT2D eigenvalue weighted by Crippen LogP contribution is 2.39. The molecule has 184 valence electrons. The molecule has 1 aliphatic heterocycles. The summed E-state index contributed by atoms with van der Waals surface area (Å²) in [6.45, 7) is 2.34. The number of carboxylic acids is 1. The number of hydrogen-bond donors (Lipinski definition) is 2. The number of halogens is 4. The minimum Gasteiger partial charge on any atom is -0.493 e. The first-order chi connectivity index (χ1) is 15.7. The number of hydrogen-bond acceptors (Lipinski definition) is 6. The Morgan fingerprint density at radius 1 is 1.21 bits per heavy atom. The summed E-state index contributed by atoms with van der Waals surface area (Å²) in [7, 11) is 1.33. The number of anilines is 1. The lowest BCUT2D eigenvalue weighted by atomic mass is 10.1. The first-order valence-electron chi connectivity index (χ1n) is 9.95. The molecule has 12 heteroatoms. The number of benzene rings is 2. The van der Waals surface area contributed by atoms with Crippen LogP contribution in [0.2, 0.25) is 5.02 Å². The molecule has 1 amide bonds. The molecule has 2 aromatic carbocycles. The van der Waals surface area contributed by atoms with E-state index in [1.54, 1.807) is 0 Å². The second-order valence-corrected chi connectivity index (χ2v) is 8.47. The molecule has 2 aromatic rings. The molecule has 0 bridgehead atoms. The average Bonchev–Trinajstić information content (AvgIpc) is 3.03. The number of carboxylic acid groups (broad SMARTS) is 1. The number of alkyl halides is 3. The molecule has 0 aliphatic carbocycles. The molecule has 0 saturated carbocycles. The standard InChI is InChI=1S/C22H22ClF3N2O6/c1-21(2,19(30)31)34-18-15(23)8-12(9-16(18)33-3)10-28-17(29)11-27(20(28)32)14-6-4-13(5-7-14)22(24,25)26/h4-9,20,32H,10-11H2,1-3H3,(H,30,31). The zero-order chi connectivity index (χ0) is 25.4. The second kappa shape index (κ2) is 9.22. The van der Waals surface area contributed by atoms with Crippen molar-refractivity contribution in [2.75, 3.05) is 18.6 Å². The van der Waals surface area contributed by atoms with Crippen LogP contribution in [0.15, 0.2) is 36.4 Å². The Bertz CT molecular complexity index is 1090. The van der Waals surface area contributed by atoms with Crippen molar-refractivity contribution in [3.63, 3.8) is 0 Å². The highest BCUT2D eigenvalue weighted by molar-refractivity contribution is 6.32. The van der Waals surface area contributed by atoms with Gasteiger partial charge in [-0.2, -0.15) is 13.2 Å². The lowest BCUT2D eigenvalue weighted by Gasteiger charge is -2.27. The Kier molecular flexibility index (Phi) is 6.90. The van der Waals surface area contributed by atoms with Crippen LogP contribution in [0.25, 0.3) is 0 Å². The molecular weight excluding hydrogens is 481 g/mol. The van der Waals surface area contributed by atoms with Crippen LogP contribution in [-0.2, 0) is 22.3 Å². The summed E-state index contributed by atoms with van der Waals surface area (Å²) in [6, 6.07) is 7.03. The summed E-state index contributed by atoms with van der Waals surface area (Å²) in [4.78, 5) is 26.3. The summed E-state index contributed by atoms with van der Waals surface area (Å²) in [5.74, 6) is -1.56. The third kappa shape index (κ3) is 5.15. The normalized spacial score (nSPS) is 16.7. The molecule has 2 N–H and O–H groups in total. The van der Waals surface area contributed by atoms with Gasteiger partial charge in [-0.05, 0) is 55.8 Å². The number of aliphatic carboxylic acids is 1. The van der Waals surface area contributed by atoms with Crippen LogP contribution in [0, 0.1) is 0 Å². The van der Waals surface area contributed by atoms with Gasteiger partial charge in [0.2, 0.25) is 12.3 Å². The van der Waals surface area contributed by atoms with E-state index >= 15 is 0 Å². The Labute approximate surface area is 198 Å². The van der Waals surface area contributed by atoms with Crippen molar-refractivity contribution < 1.29 is 42.4 Å². The molecule has 1 heterocycles. The lowest BCUT2D eigenvalue weighted by Crippen LogP contribution is -2.39. The largest absolute Gasteiger partial charge is 0.493 e. The van der Waals surface area contributed by atoms with E-state index in [-0.39, 0.29) is 35.3 Å². The fourth-order valence-electron chi connectivity index (χ4n) is 3.31. The Hall–Kier alpha value is -3.18. The van der Waals surface area contributed by atoms with Crippen LogP contribution in [0.5, 0.6) is 11.5 Å². The van der Waals surface area contributed by atoms with Crippen molar-refractivity contribution in [1.29, 1.82) is 0 Å². The van der Waals surface area contributed by atoms with Crippen LogP contribution >= 0.6 is 11.6 Å². The maximum atomic E-state index is 12.8. The van der Waals surface area contributed by atoms with E-state index in [2.05, 4.69) is 0 Å². The zero-order valence-corrected chi connectivity index (χ0v) is 19.1. The monoisotopic (exact) mass is 502 g/mol. The summed E-state index contributed by atoms with van der Waals surface area (Å²) in [5, 5.41) is 20.0. The first-order valence-corrected chi connectivity index (χ1v) is 10.3. The molecule has 34 heavy (non-hydrogen) atoms. The molecule has 8 nitrogen and oxygen atoms in total. The third-order valence-electron chi connectivity index (χ3n) is 5.22. The number of aliphatic hydroxyl groups excluding tert-OH is 1. The van der Waals surface area contributed by atoms with Crippen LogP contribution in [0.4, 0.5) is 18.9 Å². The molecule has 0 radical (unpaired) electrons. The smallest absolute Gasteiger partial charge is 0.416 e. The van der Waals surface area contributed by atoms with Gasteiger partial charge in [-0.1, -0.05) is 11.6 Å². The van der Waals surface area contributed by atoms with Gasteiger partial charge in [-0.3, -0.25) is 9.69 Å². The van der Waals surface area contributed by atoms with Gasteiger partial charge in [0.15, 0.2) is 17.1 Å². The van der Waals surface area contributed by atoms with Gasteiger partial charge >= 0.3 is 12.1 Å². The maximum absolute atomic E-state index is 12.8. The fraction of sp³-hybridized carbons (Fsp3) is 0.364. The Balaban J connectivity index is 1.82.